The number of hydroxylamine groups is 1. The molecule has 0 saturated carbocycles. The van der Waals surface area contributed by atoms with Crippen LogP contribution in [0.15, 0.2) is 83.3 Å². The molecule has 0 radical (unpaired) electrons. The molecule has 26 heavy (non-hydrogen) atoms. The zero-order valence-corrected chi connectivity index (χ0v) is 15.9. The molecule has 3 aromatic rings. The van der Waals surface area contributed by atoms with E-state index in [1.807, 2.05) is 66.7 Å². The van der Waals surface area contributed by atoms with Crippen molar-refractivity contribution in [3.8, 4) is 0 Å². The highest BCUT2D eigenvalue weighted by Gasteiger charge is 2.42. The monoisotopic (exact) mass is 428 g/mol. The lowest BCUT2D eigenvalue weighted by molar-refractivity contribution is 0.164. The molecule has 1 aliphatic heterocycles. The number of carbonyl (C=O) groups is 1. The lowest BCUT2D eigenvalue weighted by Gasteiger charge is -2.27. The molecule has 1 fully saturated rings. The molecule has 0 spiro atoms. The van der Waals surface area contributed by atoms with E-state index in [-0.39, 0.29) is 0 Å². The highest BCUT2D eigenvalue weighted by molar-refractivity contribution is 9.10. The number of hydrogen-bond donors (Lipinski definition) is 0. The van der Waals surface area contributed by atoms with E-state index in [4.69, 9.17) is 16.4 Å². The van der Waals surface area contributed by atoms with Crippen LogP contribution in [0.25, 0.3) is 0 Å². The van der Waals surface area contributed by atoms with Gasteiger partial charge >= 0.3 is 6.09 Å². The second-order valence-electron chi connectivity index (χ2n) is 5.79. The maximum atomic E-state index is 12.7. The number of carbonyl (C=O) groups excluding carboxylic acids is 1. The number of halogens is 2. The number of nitrogens with zero attached hydrogens (tertiary/aromatic N) is 2. The van der Waals surface area contributed by atoms with Crippen LogP contribution in [0.2, 0.25) is 5.02 Å². The molecule has 1 aliphatic rings. The number of anilines is 2. The van der Waals surface area contributed by atoms with Gasteiger partial charge in [0.25, 0.3) is 0 Å². The van der Waals surface area contributed by atoms with Crippen LogP contribution in [0.4, 0.5) is 16.2 Å². The Labute approximate surface area is 164 Å². The predicted octanol–water partition coefficient (Wildman–Crippen LogP) is 6.18. The number of hydrogen-bond acceptors (Lipinski definition) is 3. The number of benzene rings is 3. The van der Waals surface area contributed by atoms with Gasteiger partial charge in [0, 0.05) is 15.2 Å². The Morgan fingerprint density at radius 2 is 1.62 bits per heavy atom. The first-order valence-corrected chi connectivity index (χ1v) is 9.17. The maximum Gasteiger partial charge on any atom is 0.440 e. The summed E-state index contributed by atoms with van der Waals surface area (Å²) in [6.07, 6.45) is -0.885. The molecule has 1 heterocycles. The van der Waals surface area contributed by atoms with E-state index in [0.29, 0.717) is 10.7 Å². The van der Waals surface area contributed by atoms with Crippen LogP contribution in [-0.2, 0) is 4.84 Å². The summed E-state index contributed by atoms with van der Waals surface area (Å²) in [4.78, 5) is 20.0. The van der Waals surface area contributed by atoms with E-state index in [1.165, 1.54) is 0 Å². The Hall–Kier alpha value is -2.50. The summed E-state index contributed by atoms with van der Waals surface area (Å²) in [5.74, 6) is 0. The highest BCUT2D eigenvalue weighted by atomic mass is 79.9. The standard InChI is InChI=1S/C20H14BrClN2O2/c21-15-6-4-5-14(13-15)19-23(17-11-9-16(22)10-12-17)20(25)26-24(19)18-7-2-1-3-8-18/h1-13,19H. The minimum Gasteiger partial charge on any atom is -0.319 e. The first kappa shape index (κ1) is 16.9. The molecule has 0 bridgehead atoms. The third-order valence-corrected chi connectivity index (χ3v) is 4.85. The van der Waals surface area contributed by atoms with Crippen molar-refractivity contribution >= 4 is 45.0 Å². The zero-order valence-electron chi connectivity index (χ0n) is 13.5. The van der Waals surface area contributed by atoms with Gasteiger partial charge in [-0.25, -0.2) is 9.69 Å². The van der Waals surface area contributed by atoms with E-state index in [9.17, 15) is 4.79 Å². The van der Waals surface area contributed by atoms with Crippen LogP contribution in [0.5, 0.6) is 0 Å². The van der Waals surface area contributed by atoms with Crippen molar-refractivity contribution in [2.45, 2.75) is 6.17 Å². The second-order valence-corrected chi connectivity index (χ2v) is 7.15. The van der Waals surface area contributed by atoms with Crippen molar-refractivity contribution in [3.63, 3.8) is 0 Å². The van der Waals surface area contributed by atoms with E-state index in [2.05, 4.69) is 15.9 Å². The molecule has 1 atom stereocenters. The van der Waals surface area contributed by atoms with Crippen LogP contribution >= 0.6 is 27.5 Å². The summed E-state index contributed by atoms with van der Waals surface area (Å²) in [6.45, 7) is 0. The first-order valence-electron chi connectivity index (χ1n) is 8.00. The van der Waals surface area contributed by atoms with E-state index in [0.717, 1.165) is 15.7 Å². The van der Waals surface area contributed by atoms with Crippen molar-refractivity contribution in [3.05, 3.63) is 93.9 Å². The quantitative estimate of drug-likeness (QED) is 0.498. The molecule has 1 unspecified atom stereocenters. The molecule has 1 amide bonds. The van der Waals surface area contributed by atoms with Gasteiger partial charge in [-0.1, -0.05) is 57.9 Å². The molecule has 4 nitrogen and oxygen atoms in total. The predicted molar refractivity (Wildman–Crippen MR) is 106 cm³/mol. The number of rotatable bonds is 3. The molecule has 0 aromatic heterocycles. The van der Waals surface area contributed by atoms with Crippen molar-refractivity contribution in [2.24, 2.45) is 0 Å². The third kappa shape index (κ3) is 3.16. The molecule has 3 aromatic carbocycles. The van der Waals surface area contributed by atoms with Gasteiger partial charge in [0.15, 0.2) is 6.17 Å². The van der Waals surface area contributed by atoms with Gasteiger partial charge in [-0.2, -0.15) is 5.06 Å². The van der Waals surface area contributed by atoms with Crippen LogP contribution in [0, 0.1) is 0 Å². The van der Waals surface area contributed by atoms with Gasteiger partial charge in [0.1, 0.15) is 0 Å². The Kier molecular flexibility index (Phi) is 4.57. The molecule has 4 rings (SSSR count). The van der Waals surface area contributed by atoms with E-state index < -0.39 is 12.3 Å². The Balaban J connectivity index is 1.84. The smallest absolute Gasteiger partial charge is 0.319 e. The molecule has 6 heteroatoms. The maximum absolute atomic E-state index is 12.7. The van der Waals surface area contributed by atoms with E-state index >= 15 is 0 Å². The molecular formula is C20H14BrClN2O2. The summed E-state index contributed by atoms with van der Waals surface area (Å²) < 4.78 is 0.929. The van der Waals surface area contributed by atoms with E-state index in [1.54, 1.807) is 22.1 Å². The molecular weight excluding hydrogens is 416 g/mol. The number of para-hydroxylation sites is 1. The van der Waals surface area contributed by atoms with Crippen LogP contribution < -0.4 is 9.96 Å². The largest absolute Gasteiger partial charge is 0.440 e. The molecule has 0 N–H and O–H groups in total. The van der Waals surface area contributed by atoms with Crippen molar-refractivity contribution in [1.29, 1.82) is 0 Å². The lowest BCUT2D eigenvalue weighted by Crippen LogP contribution is -2.31. The summed E-state index contributed by atoms with van der Waals surface area (Å²) in [6, 6.07) is 24.5. The fourth-order valence-electron chi connectivity index (χ4n) is 2.95. The minimum atomic E-state index is -0.443. The van der Waals surface area contributed by atoms with Crippen LogP contribution in [-0.4, -0.2) is 6.09 Å². The molecule has 1 saturated heterocycles. The summed E-state index contributed by atoms with van der Waals surface area (Å²) in [7, 11) is 0. The summed E-state index contributed by atoms with van der Waals surface area (Å²) in [5, 5.41) is 2.24. The summed E-state index contributed by atoms with van der Waals surface area (Å²) >= 11 is 9.51. The first-order chi connectivity index (χ1) is 12.6. The average Bonchev–Trinajstić information content (AvgIpc) is 3.00. The van der Waals surface area contributed by atoms with Gasteiger partial charge in [-0.05, 0) is 54.1 Å². The Bertz CT molecular complexity index is 934. The fourth-order valence-corrected chi connectivity index (χ4v) is 3.49. The highest BCUT2D eigenvalue weighted by Crippen LogP contribution is 2.40. The number of amides is 1. The summed E-state index contributed by atoms with van der Waals surface area (Å²) in [5.41, 5.74) is 2.43. The minimum absolute atomic E-state index is 0.441. The zero-order chi connectivity index (χ0) is 18.1. The van der Waals surface area contributed by atoms with Crippen LogP contribution in [0.1, 0.15) is 11.7 Å². The van der Waals surface area contributed by atoms with Gasteiger partial charge in [0.05, 0.1) is 5.69 Å². The van der Waals surface area contributed by atoms with Crippen molar-refractivity contribution < 1.29 is 9.63 Å². The van der Waals surface area contributed by atoms with Gasteiger partial charge < -0.3 is 4.84 Å². The molecule has 130 valence electrons. The molecule has 0 aliphatic carbocycles. The second kappa shape index (κ2) is 7.02. The Morgan fingerprint density at radius 1 is 0.885 bits per heavy atom. The third-order valence-electron chi connectivity index (χ3n) is 4.10. The lowest BCUT2D eigenvalue weighted by atomic mass is 10.1. The topological polar surface area (TPSA) is 32.8 Å². The normalized spacial score (nSPS) is 16.7. The Morgan fingerprint density at radius 3 is 2.31 bits per heavy atom. The van der Waals surface area contributed by atoms with Gasteiger partial charge in [-0.15, -0.1) is 0 Å². The van der Waals surface area contributed by atoms with Gasteiger partial charge in [-0.3, -0.25) is 0 Å². The van der Waals surface area contributed by atoms with Crippen LogP contribution in [0.3, 0.4) is 0 Å². The van der Waals surface area contributed by atoms with Crippen molar-refractivity contribution in [2.75, 3.05) is 9.96 Å². The van der Waals surface area contributed by atoms with Gasteiger partial charge in [0.2, 0.25) is 0 Å². The fraction of sp³-hybridized carbons (Fsp3) is 0.0500. The average molecular weight is 430 g/mol. The van der Waals surface area contributed by atoms with Crippen molar-refractivity contribution in [1.82, 2.24) is 0 Å². The SMILES string of the molecule is O=C1ON(c2ccccc2)C(c2cccc(Br)c2)N1c1ccc(Cl)cc1.